The fourth-order valence-corrected chi connectivity index (χ4v) is 2.71. The number of imidazole rings is 1. The van der Waals surface area contributed by atoms with Crippen molar-refractivity contribution in [3.05, 3.63) is 42.0 Å². The van der Waals surface area contributed by atoms with Gasteiger partial charge in [-0.15, -0.1) is 0 Å². The zero-order valence-corrected chi connectivity index (χ0v) is 13.9. The van der Waals surface area contributed by atoms with Gasteiger partial charge in [-0.3, -0.25) is 4.79 Å². The number of hydrogen-bond donors (Lipinski definition) is 2. The Morgan fingerprint density at radius 1 is 1.33 bits per heavy atom. The van der Waals surface area contributed by atoms with E-state index in [4.69, 9.17) is 5.73 Å². The van der Waals surface area contributed by atoms with E-state index in [1.165, 1.54) is 6.33 Å². The first-order valence-corrected chi connectivity index (χ1v) is 7.85. The number of rotatable bonds is 4. The molecule has 0 aliphatic carbocycles. The predicted molar refractivity (Wildman–Crippen MR) is 93.6 cm³/mol. The third-order valence-electron chi connectivity index (χ3n) is 4.17. The van der Waals surface area contributed by atoms with Crippen molar-refractivity contribution in [1.29, 1.82) is 0 Å². The van der Waals surface area contributed by atoms with Gasteiger partial charge in [0, 0.05) is 5.69 Å². The summed E-state index contributed by atoms with van der Waals surface area (Å²) in [4.78, 5) is 25.0. The van der Waals surface area contributed by atoms with Crippen molar-refractivity contribution < 1.29 is 4.79 Å². The number of amides is 1. The van der Waals surface area contributed by atoms with Crippen molar-refractivity contribution in [1.82, 2.24) is 19.5 Å². The highest BCUT2D eigenvalue weighted by atomic mass is 16.2. The maximum Gasteiger partial charge on any atom is 0.247 e. The third kappa shape index (κ3) is 2.68. The van der Waals surface area contributed by atoms with Crippen LogP contribution >= 0.6 is 0 Å². The number of nitrogens with zero attached hydrogens (tertiary/aromatic N) is 4. The molecule has 0 saturated heterocycles. The lowest BCUT2D eigenvalue weighted by atomic mass is 10.1. The molecule has 3 aromatic rings. The number of fused-ring (bicyclic) bond motifs is 1. The molecule has 24 heavy (non-hydrogen) atoms. The monoisotopic (exact) mass is 324 g/mol. The topological polar surface area (TPSA) is 98.7 Å². The third-order valence-corrected chi connectivity index (χ3v) is 4.17. The summed E-state index contributed by atoms with van der Waals surface area (Å²) in [5.74, 6) is 0.175. The van der Waals surface area contributed by atoms with Gasteiger partial charge in [0.15, 0.2) is 11.5 Å². The molecule has 0 aliphatic rings. The van der Waals surface area contributed by atoms with Crippen LogP contribution in [0.1, 0.15) is 31.0 Å². The summed E-state index contributed by atoms with van der Waals surface area (Å²) in [5.41, 5.74) is 9.87. The van der Waals surface area contributed by atoms with Gasteiger partial charge in [-0.05, 0) is 31.4 Å². The van der Waals surface area contributed by atoms with Crippen LogP contribution in [-0.4, -0.2) is 25.4 Å². The van der Waals surface area contributed by atoms with E-state index in [0.717, 1.165) is 23.2 Å². The van der Waals surface area contributed by atoms with Crippen LogP contribution in [0.15, 0.2) is 30.9 Å². The summed E-state index contributed by atoms with van der Waals surface area (Å²) < 4.78 is 1.70. The largest absolute Gasteiger partial charge is 0.382 e. The molecule has 0 bridgehead atoms. The van der Waals surface area contributed by atoms with Crippen LogP contribution in [0, 0.1) is 6.92 Å². The van der Waals surface area contributed by atoms with Crippen LogP contribution in [-0.2, 0) is 11.2 Å². The Kier molecular flexibility index (Phi) is 4.16. The fourth-order valence-electron chi connectivity index (χ4n) is 2.71. The van der Waals surface area contributed by atoms with Crippen molar-refractivity contribution in [2.24, 2.45) is 0 Å². The molecule has 124 valence electrons. The Labute approximate surface area is 139 Å². The molecular weight excluding hydrogens is 304 g/mol. The Morgan fingerprint density at radius 3 is 2.88 bits per heavy atom. The van der Waals surface area contributed by atoms with Crippen LogP contribution < -0.4 is 11.1 Å². The summed E-state index contributed by atoms with van der Waals surface area (Å²) in [6.45, 7) is 5.86. The number of carbonyl (C=O) groups is 1. The molecule has 1 amide bonds. The average molecular weight is 324 g/mol. The smallest absolute Gasteiger partial charge is 0.247 e. The van der Waals surface area contributed by atoms with Crippen molar-refractivity contribution in [2.45, 2.75) is 33.2 Å². The van der Waals surface area contributed by atoms with E-state index in [2.05, 4.69) is 27.2 Å². The van der Waals surface area contributed by atoms with Crippen LogP contribution in [0.25, 0.3) is 11.2 Å². The second-order valence-corrected chi connectivity index (χ2v) is 5.71. The van der Waals surface area contributed by atoms with E-state index >= 15 is 0 Å². The molecule has 1 unspecified atom stereocenters. The van der Waals surface area contributed by atoms with Gasteiger partial charge in [-0.2, -0.15) is 0 Å². The highest BCUT2D eigenvalue weighted by molar-refractivity contribution is 5.96. The predicted octanol–water partition coefficient (Wildman–Crippen LogP) is 2.48. The standard InChI is InChI=1S/C17H20N6O/c1-4-12-7-5-6-10(2)13(12)22-17(24)11(3)23-9-21-14-15(18)19-8-20-16(14)23/h5-9,11H,4H2,1-3H3,(H,22,24)(H2,18,19,20). The van der Waals surface area contributed by atoms with E-state index in [1.807, 2.05) is 25.1 Å². The minimum Gasteiger partial charge on any atom is -0.382 e. The van der Waals surface area contributed by atoms with E-state index in [-0.39, 0.29) is 5.91 Å². The number of aryl methyl sites for hydroxylation is 2. The van der Waals surface area contributed by atoms with E-state index in [0.29, 0.717) is 17.0 Å². The number of para-hydroxylation sites is 1. The number of carbonyl (C=O) groups excluding carboxylic acids is 1. The van der Waals surface area contributed by atoms with Gasteiger partial charge >= 0.3 is 0 Å². The first kappa shape index (κ1) is 15.9. The summed E-state index contributed by atoms with van der Waals surface area (Å²) >= 11 is 0. The number of nitrogens with two attached hydrogens (primary N) is 1. The molecule has 2 heterocycles. The summed E-state index contributed by atoms with van der Waals surface area (Å²) in [6, 6.07) is 5.53. The molecule has 0 fully saturated rings. The maximum absolute atomic E-state index is 12.7. The number of aromatic nitrogens is 4. The second-order valence-electron chi connectivity index (χ2n) is 5.71. The van der Waals surface area contributed by atoms with Gasteiger partial charge in [-0.1, -0.05) is 25.1 Å². The van der Waals surface area contributed by atoms with Crippen LogP contribution in [0.4, 0.5) is 11.5 Å². The molecule has 3 rings (SSSR count). The minimum absolute atomic E-state index is 0.129. The van der Waals surface area contributed by atoms with E-state index < -0.39 is 6.04 Å². The Morgan fingerprint density at radius 2 is 2.12 bits per heavy atom. The van der Waals surface area contributed by atoms with Gasteiger partial charge in [-0.25, -0.2) is 15.0 Å². The molecule has 7 heteroatoms. The highest BCUT2D eigenvalue weighted by Gasteiger charge is 2.20. The molecule has 2 aromatic heterocycles. The van der Waals surface area contributed by atoms with E-state index in [1.54, 1.807) is 17.8 Å². The Bertz CT molecular complexity index is 901. The molecule has 0 radical (unpaired) electrons. The van der Waals surface area contributed by atoms with Gasteiger partial charge in [0.25, 0.3) is 0 Å². The van der Waals surface area contributed by atoms with Crippen molar-refractivity contribution in [3.8, 4) is 0 Å². The molecule has 0 aliphatic heterocycles. The lowest BCUT2D eigenvalue weighted by molar-refractivity contribution is -0.118. The number of nitrogen functional groups attached to an aromatic ring is 1. The fraction of sp³-hybridized carbons (Fsp3) is 0.294. The van der Waals surface area contributed by atoms with Gasteiger partial charge in [0.1, 0.15) is 17.9 Å². The Hall–Kier alpha value is -2.96. The quantitative estimate of drug-likeness (QED) is 0.768. The van der Waals surface area contributed by atoms with Crippen molar-refractivity contribution >= 4 is 28.6 Å². The SMILES string of the molecule is CCc1cccc(C)c1NC(=O)C(C)n1cnc2c(N)ncnc21. The van der Waals surface area contributed by atoms with E-state index in [9.17, 15) is 4.79 Å². The minimum atomic E-state index is -0.478. The summed E-state index contributed by atoms with van der Waals surface area (Å²) in [5, 5.41) is 3.03. The normalized spacial score (nSPS) is 12.3. The molecule has 0 spiro atoms. The molecule has 7 nitrogen and oxygen atoms in total. The second kappa shape index (κ2) is 6.27. The number of hydrogen-bond acceptors (Lipinski definition) is 5. The van der Waals surface area contributed by atoms with Crippen molar-refractivity contribution in [3.63, 3.8) is 0 Å². The maximum atomic E-state index is 12.7. The number of anilines is 2. The highest BCUT2D eigenvalue weighted by Crippen LogP contribution is 2.24. The molecule has 0 saturated carbocycles. The Balaban J connectivity index is 1.91. The average Bonchev–Trinajstić information content (AvgIpc) is 3.01. The van der Waals surface area contributed by atoms with Crippen LogP contribution in [0.3, 0.4) is 0 Å². The molecular formula is C17H20N6O. The zero-order chi connectivity index (χ0) is 17.3. The van der Waals surface area contributed by atoms with Crippen molar-refractivity contribution in [2.75, 3.05) is 11.1 Å². The molecule has 3 N–H and O–H groups in total. The van der Waals surface area contributed by atoms with Gasteiger partial charge < -0.3 is 15.6 Å². The zero-order valence-electron chi connectivity index (χ0n) is 13.9. The molecule has 1 atom stereocenters. The van der Waals surface area contributed by atoms with Crippen LogP contribution in [0.5, 0.6) is 0 Å². The van der Waals surface area contributed by atoms with Gasteiger partial charge in [0.05, 0.1) is 6.33 Å². The summed E-state index contributed by atoms with van der Waals surface area (Å²) in [7, 11) is 0. The lowest BCUT2D eigenvalue weighted by Gasteiger charge is -2.17. The number of nitrogens with one attached hydrogen (secondary N) is 1. The summed E-state index contributed by atoms with van der Waals surface area (Å²) in [6.07, 6.45) is 3.79. The lowest BCUT2D eigenvalue weighted by Crippen LogP contribution is -2.24. The molecule has 1 aromatic carbocycles. The first-order valence-electron chi connectivity index (χ1n) is 7.85. The van der Waals surface area contributed by atoms with Crippen LogP contribution in [0.2, 0.25) is 0 Å². The van der Waals surface area contributed by atoms with Gasteiger partial charge in [0.2, 0.25) is 5.91 Å². The first-order chi connectivity index (χ1) is 11.5. The number of benzene rings is 1.